The zero-order chi connectivity index (χ0) is 18.8. The summed E-state index contributed by atoms with van der Waals surface area (Å²) in [6.07, 6.45) is 1.80. The fraction of sp³-hybridized carbons (Fsp3) is 0.333. The summed E-state index contributed by atoms with van der Waals surface area (Å²) >= 11 is 0. The van der Waals surface area contributed by atoms with Crippen molar-refractivity contribution < 1.29 is 14.3 Å². The van der Waals surface area contributed by atoms with Gasteiger partial charge in [-0.3, -0.25) is 4.79 Å². The summed E-state index contributed by atoms with van der Waals surface area (Å²) in [4.78, 5) is 22.9. The lowest BCUT2D eigenvalue weighted by molar-refractivity contribution is 0.0711. The first-order valence-electron chi connectivity index (χ1n) is 9.15. The van der Waals surface area contributed by atoms with Crippen LogP contribution in [-0.2, 0) is 0 Å². The van der Waals surface area contributed by atoms with Gasteiger partial charge in [-0.25, -0.2) is 4.98 Å². The van der Waals surface area contributed by atoms with Crippen LogP contribution >= 0.6 is 0 Å². The molecule has 1 aromatic heterocycles. The molecule has 1 fully saturated rings. The smallest absolute Gasteiger partial charge is 0.253 e. The van der Waals surface area contributed by atoms with Crippen molar-refractivity contribution in [2.45, 2.75) is 18.8 Å². The zero-order valence-electron chi connectivity index (χ0n) is 15.6. The number of ether oxygens (including phenoxy) is 2. The Labute approximate surface area is 158 Å². The summed E-state index contributed by atoms with van der Waals surface area (Å²) in [5.41, 5.74) is 2.68. The van der Waals surface area contributed by atoms with Gasteiger partial charge in [0.05, 0.1) is 25.3 Å². The van der Waals surface area contributed by atoms with E-state index in [9.17, 15) is 4.79 Å². The van der Waals surface area contributed by atoms with Gasteiger partial charge in [-0.05, 0) is 43.2 Å². The van der Waals surface area contributed by atoms with E-state index in [1.807, 2.05) is 29.2 Å². The average molecular weight is 365 g/mol. The largest absolute Gasteiger partial charge is 0.493 e. The standard InChI is InChI=1S/C21H23N3O3/c1-26-18-8-7-15(13-19(18)27-2)21(25)24-11-9-14(10-12-24)20-22-16-5-3-4-6-17(16)23-20/h3-8,13-14H,9-12H2,1-2H3,(H,22,23). The Hall–Kier alpha value is -3.02. The molecule has 2 heterocycles. The molecule has 0 spiro atoms. The van der Waals surface area contributed by atoms with Crippen molar-refractivity contribution in [1.82, 2.24) is 14.9 Å². The number of likely N-dealkylation sites (tertiary alicyclic amines) is 1. The predicted molar refractivity (Wildman–Crippen MR) is 104 cm³/mol. The molecule has 1 saturated heterocycles. The number of nitrogens with one attached hydrogen (secondary N) is 1. The van der Waals surface area contributed by atoms with Crippen molar-refractivity contribution in [3.63, 3.8) is 0 Å². The Balaban J connectivity index is 1.45. The fourth-order valence-corrected chi connectivity index (χ4v) is 3.67. The van der Waals surface area contributed by atoms with Crippen LogP contribution < -0.4 is 9.47 Å². The van der Waals surface area contributed by atoms with Crippen molar-refractivity contribution in [3.05, 3.63) is 53.9 Å². The summed E-state index contributed by atoms with van der Waals surface area (Å²) in [7, 11) is 3.16. The maximum absolute atomic E-state index is 12.9. The van der Waals surface area contributed by atoms with E-state index in [0.29, 0.717) is 23.0 Å². The summed E-state index contributed by atoms with van der Waals surface area (Å²) in [6, 6.07) is 13.4. The monoisotopic (exact) mass is 365 g/mol. The lowest BCUT2D eigenvalue weighted by atomic mass is 9.95. The molecular formula is C21H23N3O3. The van der Waals surface area contributed by atoms with Gasteiger partial charge in [-0.15, -0.1) is 0 Å². The molecule has 27 heavy (non-hydrogen) atoms. The third-order valence-electron chi connectivity index (χ3n) is 5.21. The number of carbonyl (C=O) groups excluding carboxylic acids is 1. The number of nitrogens with zero attached hydrogens (tertiary/aromatic N) is 2. The highest BCUT2D eigenvalue weighted by Crippen LogP contribution is 2.31. The van der Waals surface area contributed by atoms with Crippen LogP contribution in [0.4, 0.5) is 0 Å². The summed E-state index contributed by atoms with van der Waals surface area (Å²) < 4.78 is 10.6. The Morgan fingerprint density at radius 2 is 1.81 bits per heavy atom. The zero-order valence-corrected chi connectivity index (χ0v) is 15.6. The second-order valence-electron chi connectivity index (χ2n) is 6.78. The van der Waals surface area contributed by atoms with E-state index in [1.165, 1.54) is 0 Å². The van der Waals surface area contributed by atoms with Gasteiger partial charge >= 0.3 is 0 Å². The number of para-hydroxylation sites is 2. The highest BCUT2D eigenvalue weighted by molar-refractivity contribution is 5.95. The number of aromatic nitrogens is 2. The molecule has 6 nitrogen and oxygen atoms in total. The van der Waals surface area contributed by atoms with Crippen molar-refractivity contribution in [2.75, 3.05) is 27.3 Å². The van der Waals surface area contributed by atoms with Crippen LogP contribution in [0.5, 0.6) is 11.5 Å². The second kappa shape index (κ2) is 7.31. The Morgan fingerprint density at radius 1 is 1.07 bits per heavy atom. The number of aromatic amines is 1. The van der Waals surface area contributed by atoms with Crippen molar-refractivity contribution in [3.8, 4) is 11.5 Å². The summed E-state index contributed by atoms with van der Waals surface area (Å²) in [5.74, 6) is 2.60. The topological polar surface area (TPSA) is 67.5 Å². The first kappa shape index (κ1) is 17.4. The number of hydrogen-bond acceptors (Lipinski definition) is 4. The Bertz CT molecular complexity index is 925. The highest BCUT2D eigenvalue weighted by atomic mass is 16.5. The quantitative estimate of drug-likeness (QED) is 0.767. The molecule has 0 saturated carbocycles. The number of piperidine rings is 1. The van der Waals surface area contributed by atoms with Crippen LogP contribution in [-0.4, -0.2) is 48.1 Å². The number of amides is 1. The number of hydrogen-bond donors (Lipinski definition) is 1. The van der Waals surface area contributed by atoms with Crippen LogP contribution in [0.25, 0.3) is 11.0 Å². The maximum atomic E-state index is 12.9. The van der Waals surface area contributed by atoms with Crippen LogP contribution in [0, 0.1) is 0 Å². The van der Waals surface area contributed by atoms with Crippen LogP contribution in [0.3, 0.4) is 0 Å². The minimum absolute atomic E-state index is 0.0269. The van der Waals surface area contributed by atoms with E-state index >= 15 is 0 Å². The highest BCUT2D eigenvalue weighted by Gasteiger charge is 2.26. The summed E-state index contributed by atoms with van der Waals surface area (Å²) in [5, 5.41) is 0. The van der Waals surface area contributed by atoms with Gasteiger partial charge in [0, 0.05) is 24.6 Å². The normalized spacial score (nSPS) is 15.1. The Morgan fingerprint density at radius 3 is 2.52 bits per heavy atom. The average Bonchev–Trinajstić information content (AvgIpc) is 3.17. The number of imidazole rings is 1. The first-order valence-corrected chi connectivity index (χ1v) is 9.15. The maximum Gasteiger partial charge on any atom is 0.253 e. The third kappa shape index (κ3) is 3.35. The minimum Gasteiger partial charge on any atom is -0.493 e. The van der Waals surface area contributed by atoms with Gasteiger partial charge in [-0.1, -0.05) is 12.1 Å². The molecule has 140 valence electrons. The van der Waals surface area contributed by atoms with E-state index < -0.39 is 0 Å². The van der Waals surface area contributed by atoms with Gasteiger partial charge in [0.25, 0.3) is 5.91 Å². The molecule has 1 aliphatic heterocycles. The molecule has 6 heteroatoms. The van der Waals surface area contributed by atoms with E-state index in [1.54, 1.807) is 32.4 Å². The molecule has 0 unspecified atom stereocenters. The van der Waals surface area contributed by atoms with Crippen molar-refractivity contribution in [1.29, 1.82) is 0 Å². The van der Waals surface area contributed by atoms with E-state index in [-0.39, 0.29) is 5.91 Å². The van der Waals surface area contributed by atoms with E-state index in [0.717, 1.165) is 42.8 Å². The predicted octanol–water partition coefficient (Wildman–Crippen LogP) is 3.60. The molecule has 0 radical (unpaired) electrons. The fourth-order valence-electron chi connectivity index (χ4n) is 3.67. The van der Waals surface area contributed by atoms with Crippen molar-refractivity contribution in [2.24, 2.45) is 0 Å². The second-order valence-corrected chi connectivity index (χ2v) is 6.78. The molecule has 1 amide bonds. The Kier molecular flexibility index (Phi) is 4.71. The molecular weight excluding hydrogens is 342 g/mol. The first-order chi connectivity index (χ1) is 13.2. The number of carbonyl (C=O) groups is 1. The van der Waals surface area contributed by atoms with Gasteiger partial charge in [-0.2, -0.15) is 0 Å². The molecule has 4 rings (SSSR count). The molecule has 3 aromatic rings. The van der Waals surface area contributed by atoms with Crippen LogP contribution in [0.15, 0.2) is 42.5 Å². The molecule has 2 aromatic carbocycles. The van der Waals surface area contributed by atoms with E-state index in [4.69, 9.17) is 14.5 Å². The number of fused-ring (bicyclic) bond motifs is 1. The molecule has 0 atom stereocenters. The number of H-pyrrole nitrogens is 1. The van der Waals surface area contributed by atoms with Gasteiger partial charge < -0.3 is 19.4 Å². The SMILES string of the molecule is COc1ccc(C(=O)N2CCC(c3nc4ccccc4[nH]3)CC2)cc1OC. The molecule has 0 bridgehead atoms. The van der Waals surface area contributed by atoms with Crippen LogP contribution in [0.1, 0.15) is 34.9 Å². The number of methoxy groups -OCH3 is 2. The number of rotatable bonds is 4. The minimum atomic E-state index is 0.0269. The van der Waals surface area contributed by atoms with Gasteiger partial charge in [0.2, 0.25) is 0 Å². The molecule has 0 aliphatic carbocycles. The summed E-state index contributed by atoms with van der Waals surface area (Å²) in [6.45, 7) is 1.43. The molecule has 1 N–H and O–H groups in total. The van der Waals surface area contributed by atoms with Gasteiger partial charge in [0.1, 0.15) is 5.82 Å². The number of benzene rings is 2. The third-order valence-corrected chi connectivity index (χ3v) is 5.21. The lowest BCUT2D eigenvalue weighted by Gasteiger charge is -2.31. The lowest BCUT2D eigenvalue weighted by Crippen LogP contribution is -2.38. The van der Waals surface area contributed by atoms with E-state index in [2.05, 4.69) is 4.98 Å². The van der Waals surface area contributed by atoms with Crippen LogP contribution in [0.2, 0.25) is 0 Å². The van der Waals surface area contributed by atoms with Gasteiger partial charge in [0.15, 0.2) is 11.5 Å². The van der Waals surface area contributed by atoms with Crippen molar-refractivity contribution >= 4 is 16.9 Å². The molecule has 1 aliphatic rings.